The van der Waals surface area contributed by atoms with Crippen molar-refractivity contribution >= 4 is 5.91 Å². The molecule has 2 unspecified atom stereocenters. The summed E-state index contributed by atoms with van der Waals surface area (Å²) in [6.07, 6.45) is 2.70. The Hall–Kier alpha value is -0.610. The third-order valence-corrected chi connectivity index (χ3v) is 2.62. The summed E-state index contributed by atoms with van der Waals surface area (Å²) in [6.45, 7) is 3.65. The average Bonchev–Trinajstić information content (AvgIpc) is 2.85. The lowest BCUT2D eigenvalue weighted by Crippen LogP contribution is -2.45. The highest BCUT2D eigenvalue weighted by Gasteiger charge is 2.27. The van der Waals surface area contributed by atoms with Gasteiger partial charge in [-0.3, -0.25) is 4.79 Å². The van der Waals surface area contributed by atoms with Crippen molar-refractivity contribution in [3.8, 4) is 0 Å². The number of rotatable bonds is 6. The summed E-state index contributed by atoms with van der Waals surface area (Å²) in [5.74, 6) is 1.14. The number of hydrogen-bond acceptors (Lipinski definition) is 3. The average molecular weight is 185 g/mol. The van der Waals surface area contributed by atoms with Gasteiger partial charge in [0.1, 0.15) is 0 Å². The molecule has 2 atom stereocenters. The van der Waals surface area contributed by atoms with Crippen molar-refractivity contribution in [1.29, 1.82) is 0 Å². The summed E-state index contributed by atoms with van der Waals surface area (Å²) in [4.78, 5) is 10.6. The van der Waals surface area contributed by atoms with Gasteiger partial charge in [0.15, 0.2) is 0 Å². The summed E-state index contributed by atoms with van der Waals surface area (Å²) in [5.41, 5.74) is 10.5. The lowest BCUT2D eigenvalue weighted by Gasteiger charge is -2.13. The highest BCUT2D eigenvalue weighted by Crippen LogP contribution is 2.35. The molecular formula is C9H19N3O. The van der Waals surface area contributed by atoms with Crippen molar-refractivity contribution in [3.05, 3.63) is 0 Å². The first-order valence-corrected chi connectivity index (χ1v) is 4.87. The van der Waals surface area contributed by atoms with Crippen molar-refractivity contribution in [2.24, 2.45) is 23.3 Å². The van der Waals surface area contributed by atoms with Crippen LogP contribution in [0.5, 0.6) is 0 Å². The van der Waals surface area contributed by atoms with E-state index in [0.29, 0.717) is 12.5 Å². The molecule has 1 aliphatic rings. The number of nitrogens with two attached hydrogens (primary N) is 2. The Bertz CT molecular complexity index is 180. The lowest BCUT2D eigenvalue weighted by molar-refractivity contribution is -0.119. The SMILES string of the molecule is CC(CNCC(N)C(N)=O)C1CC1. The predicted octanol–water partition coefficient (Wildman–Crippen LogP) is -0.565. The Labute approximate surface area is 79.0 Å². The predicted molar refractivity (Wildman–Crippen MR) is 51.9 cm³/mol. The Morgan fingerprint density at radius 3 is 2.62 bits per heavy atom. The molecule has 1 saturated carbocycles. The molecule has 0 aromatic carbocycles. The van der Waals surface area contributed by atoms with Gasteiger partial charge in [-0.25, -0.2) is 0 Å². The maximum absolute atomic E-state index is 10.6. The fourth-order valence-corrected chi connectivity index (χ4v) is 1.40. The van der Waals surface area contributed by atoms with Crippen LogP contribution in [-0.2, 0) is 4.79 Å². The Morgan fingerprint density at radius 2 is 2.15 bits per heavy atom. The van der Waals surface area contributed by atoms with Crippen LogP contribution in [0.25, 0.3) is 0 Å². The molecule has 76 valence electrons. The minimum Gasteiger partial charge on any atom is -0.368 e. The molecule has 0 aromatic heterocycles. The maximum Gasteiger partial charge on any atom is 0.235 e. The quantitative estimate of drug-likeness (QED) is 0.518. The third kappa shape index (κ3) is 3.74. The Morgan fingerprint density at radius 1 is 1.54 bits per heavy atom. The number of primary amides is 1. The van der Waals surface area contributed by atoms with E-state index in [1.807, 2.05) is 0 Å². The zero-order valence-corrected chi connectivity index (χ0v) is 8.12. The van der Waals surface area contributed by atoms with Crippen LogP contribution in [-0.4, -0.2) is 25.0 Å². The van der Waals surface area contributed by atoms with E-state index in [0.717, 1.165) is 12.5 Å². The van der Waals surface area contributed by atoms with Crippen LogP contribution in [0, 0.1) is 11.8 Å². The van der Waals surface area contributed by atoms with Crippen LogP contribution in [0.15, 0.2) is 0 Å². The monoisotopic (exact) mass is 185 g/mol. The Kier molecular flexibility index (Phi) is 3.69. The molecule has 0 aromatic rings. The van der Waals surface area contributed by atoms with Gasteiger partial charge in [-0.15, -0.1) is 0 Å². The summed E-state index contributed by atoms with van der Waals surface area (Å²) in [7, 11) is 0. The van der Waals surface area contributed by atoms with E-state index in [1.54, 1.807) is 0 Å². The fraction of sp³-hybridized carbons (Fsp3) is 0.889. The molecule has 4 nitrogen and oxygen atoms in total. The minimum atomic E-state index is -0.550. The first kappa shape index (κ1) is 10.5. The van der Waals surface area contributed by atoms with Gasteiger partial charge in [-0.2, -0.15) is 0 Å². The first-order chi connectivity index (χ1) is 6.11. The molecule has 1 fully saturated rings. The number of carbonyl (C=O) groups is 1. The maximum atomic E-state index is 10.6. The molecule has 1 aliphatic carbocycles. The molecule has 13 heavy (non-hydrogen) atoms. The van der Waals surface area contributed by atoms with E-state index in [2.05, 4.69) is 12.2 Å². The number of carbonyl (C=O) groups excluding carboxylic acids is 1. The zero-order chi connectivity index (χ0) is 9.84. The molecule has 5 N–H and O–H groups in total. The topological polar surface area (TPSA) is 81.1 Å². The molecular weight excluding hydrogens is 166 g/mol. The second-order valence-corrected chi connectivity index (χ2v) is 3.98. The summed E-state index contributed by atoms with van der Waals surface area (Å²) in [6, 6.07) is -0.550. The summed E-state index contributed by atoms with van der Waals surface area (Å²) in [5, 5.41) is 3.16. The molecule has 0 saturated heterocycles. The van der Waals surface area contributed by atoms with Crippen LogP contribution in [0.3, 0.4) is 0 Å². The van der Waals surface area contributed by atoms with Crippen molar-refractivity contribution < 1.29 is 4.79 Å². The fourth-order valence-electron chi connectivity index (χ4n) is 1.40. The van der Waals surface area contributed by atoms with Gasteiger partial charge in [-0.05, 0) is 31.2 Å². The second-order valence-electron chi connectivity index (χ2n) is 3.98. The normalized spacial score (nSPS) is 21.1. The van der Waals surface area contributed by atoms with Crippen LogP contribution < -0.4 is 16.8 Å². The first-order valence-electron chi connectivity index (χ1n) is 4.87. The molecule has 0 bridgehead atoms. The van der Waals surface area contributed by atoms with E-state index < -0.39 is 11.9 Å². The molecule has 0 aliphatic heterocycles. The second kappa shape index (κ2) is 4.58. The summed E-state index contributed by atoms with van der Waals surface area (Å²) >= 11 is 0. The van der Waals surface area contributed by atoms with Crippen molar-refractivity contribution in [2.75, 3.05) is 13.1 Å². The van der Waals surface area contributed by atoms with Crippen molar-refractivity contribution in [1.82, 2.24) is 5.32 Å². The van der Waals surface area contributed by atoms with Crippen LogP contribution in [0.4, 0.5) is 0 Å². The van der Waals surface area contributed by atoms with E-state index in [9.17, 15) is 4.79 Å². The third-order valence-electron chi connectivity index (χ3n) is 2.62. The van der Waals surface area contributed by atoms with Gasteiger partial charge in [0.05, 0.1) is 6.04 Å². The lowest BCUT2D eigenvalue weighted by atomic mass is 10.1. The number of nitrogens with one attached hydrogen (secondary N) is 1. The van der Waals surface area contributed by atoms with Crippen LogP contribution in [0.1, 0.15) is 19.8 Å². The van der Waals surface area contributed by atoms with Gasteiger partial charge < -0.3 is 16.8 Å². The highest BCUT2D eigenvalue weighted by atomic mass is 16.1. The number of hydrogen-bond donors (Lipinski definition) is 3. The van der Waals surface area contributed by atoms with Crippen molar-refractivity contribution in [2.45, 2.75) is 25.8 Å². The van der Waals surface area contributed by atoms with Gasteiger partial charge in [-0.1, -0.05) is 6.92 Å². The van der Waals surface area contributed by atoms with Crippen LogP contribution in [0.2, 0.25) is 0 Å². The minimum absolute atomic E-state index is 0.438. The zero-order valence-electron chi connectivity index (χ0n) is 8.12. The highest BCUT2D eigenvalue weighted by molar-refractivity contribution is 5.79. The number of amides is 1. The molecule has 0 heterocycles. The molecule has 0 spiro atoms. The van der Waals surface area contributed by atoms with Gasteiger partial charge in [0.25, 0.3) is 0 Å². The van der Waals surface area contributed by atoms with E-state index in [1.165, 1.54) is 12.8 Å². The van der Waals surface area contributed by atoms with Gasteiger partial charge in [0, 0.05) is 6.54 Å². The standard InChI is InChI=1S/C9H19N3O/c1-6(7-2-3-7)4-12-5-8(10)9(11)13/h6-8,12H,2-5,10H2,1H3,(H2,11,13). The van der Waals surface area contributed by atoms with Crippen LogP contribution >= 0.6 is 0 Å². The molecule has 0 radical (unpaired) electrons. The van der Waals surface area contributed by atoms with Gasteiger partial charge >= 0.3 is 0 Å². The summed E-state index contributed by atoms with van der Waals surface area (Å²) < 4.78 is 0. The largest absolute Gasteiger partial charge is 0.368 e. The molecule has 1 rings (SSSR count). The van der Waals surface area contributed by atoms with E-state index in [4.69, 9.17) is 11.5 Å². The van der Waals surface area contributed by atoms with Crippen molar-refractivity contribution in [3.63, 3.8) is 0 Å². The smallest absolute Gasteiger partial charge is 0.235 e. The molecule has 1 amide bonds. The van der Waals surface area contributed by atoms with E-state index in [-0.39, 0.29) is 0 Å². The Balaban J connectivity index is 2.02. The van der Waals surface area contributed by atoms with Gasteiger partial charge in [0.2, 0.25) is 5.91 Å². The van der Waals surface area contributed by atoms with E-state index >= 15 is 0 Å². The molecule has 4 heteroatoms.